The highest BCUT2D eigenvalue weighted by Crippen LogP contribution is 2.26. The molecule has 0 heterocycles. The summed E-state index contributed by atoms with van der Waals surface area (Å²) in [5, 5.41) is 19.0. The Balaban J connectivity index is 2.11. The van der Waals surface area contributed by atoms with Crippen molar-refractivity contribution in [2.24, 2.45) is 0 Å². The Kier molecular flexibility index (Phi) is 7.89. The number of non-ortho nitro benzene ring substituents is 1. The van der Waals surface area contributed by atoms with Crippen molar-refractivity contribution in [3.05, 3.63) is 62.1 Å². The van der Waals surface area contributed by atoms with Gasteiger partial charge in [-0.05, 0) is 42.9 Å². The highest BCUT2D eigenvalue weighted by atomic mass is 35.5. The fraction of sp³-hybridized carbons (Fsp3) is 0.167. The van der Waals surface area contributed by atoms with Gasteiger partial charge < -0.3 is 10.6 Å². The maximum absolute atomic E-state index is 12.4. The lowest BCUT2D eigenvalue weighted by Crippen LogP contribution is -2.34. The highest BCUT2D eigenvalue weighted by molar-refractivity contribution is 7.80. The van der Waals surface area contributed by atoms with Gasteiger partial charge in [0.15, 0.2) is 5.11 Å². The van der Waals surface area contributed by atoms with Crippen LogP contribution in [0.15, 0.2) is 36.4 Å². The van der Waals surface area contributed by atoms with Crippen LogP contribution in [0.5, 0.6) is 0 Å². The number of anilines is 2. The minimum absolute atomic E-state index is 0.0366. The summed E-state index contributed by atoms with van der Waals surface area (Å²) >= 11 is 17.2. The number of thiocarbonyl (C=S) groups is 1. The van der Waals surface area contributed by atoms with Gasteiger partial charge in [-0.1, -0.05) is 30.1 Å². The zero-order valence-corrected chi connectivity index (χ0v) is 17.5. The molecule has 0 aromatic heterocycles. The summed E-state index contributed by atoms with van der Waals surface area (Å²) < 4.78 is 0. The third-order valence-electron chi connectivity index (χ3n) is 3.61. The van der Waals surface area contributed by atoms with Gasteiger partial charge in [0.1, 0.15) is 0 Å². The molecule has 2 aromatic carbocycles. The van der Waals surface area contributed by atoms with Crippen molar-refractivity contribution in [3.63, 3.8) is 0 Å². The van der Waals surface area contributed by atoms with Crippen LogP contribution in [0.3, 0.4) is 0 Å². The first kappa shape index (κ1) is 22.5. The minimum Gasteiger partial charge on any atom is -0.331 e. The van der Waals surface area contributed by atoms with E-state index in [4.69, 9.17) is 35.4 Å². The van der Waals surface area contributed by atoms with E-state index in [-0.39, 0.29) is 27.3 Å². The van der Waals surface area contributed by atoms with E-state index in [9.17, 15) is 19.7 Å². The van der Waals surface area contributed by atoms with E-state index in [1.165, 1.54) is 12.1 Å². The van der Waals surface area contributed by atoms with E-state index >= 15 is 0 Å². The molecule has 3 N–H and O–H groups in total. The van der Waals surface area contributed by atoms with Gasteiger partial charge in [-0.2, -0.15) is 0 Å². The van der Waals surface area contributed by atoms with Gasteiger partial charge in [0.2, 0.25) is 5.91 Å². The number of nitrogens with zero attached hydrogens (tertiary/aromatic N) is 1. The lowest BCUT2D eigenvalue weighted by Gasteiger charge is -2.13. The minimum atomic E-state index is -0.722. The number of hydrogen-bond donors (Lipinski definition) is 3. The number of hydrogen-bond acceptors (Lipinski definition) is 5. The normalized spacial score (nSPS) is 10.2. The van der Waals surface area contributed by atoms with Gasteiger partial charge in [-0.25, -0.2) is 0 Å². The standard InChI is InChI=1S/C18H16Cl2N4O4S/c1-2-3-16(25)21-10-4-6-14(20)15(8-10)22-18(29)23-17(26)12-9-11(24(27)28)5-7-13(12)19/h4-9H,2-3H2,1H3,(H,21,25)(H2,22,23,26,29). The molecule has 0 aliphatic heterocycles. The van der Waals surface area contributed by atoms with Gasteiger partial charge >= 0.3 is 0 Å². The molecule has 0 unspecified atom stereocenters. The molecule has 0 saturated carbocycles. The molecule has 2 amide bonds. The SMILES string of the molecule is CCCC(=O)Nc1ccc(Cl)c(NC(=S)NC(=O)c2cc([N+](=O)[O-])ccc2Cl)c1. The molecule has 0 aliphatic carbocycles. The first-order chi connectivity index (χ1) is 13.7. The van der Waals surface area contributed by atoms with Crippen LogP contribution in [0.4, 0.5) is 17.1 Å². The first-order valence-electron chi connectivity index (χ1n) is 8.37. The van der Waals surface area contributed by atoms with E-state index < -0.39 is 10.8 Å². The summed E-state index contributed by atoms with van der Waals surface area (Å²) in [5.74, 6) is -0.864. The molecular weight excluding hydrogens is 439 g/mol. The van der Waals surface area contributed by atoms with Gasteiger partial charge in [-0.15, -0.1) is 0 Å². The molecule has 0 radical (unpaired) electrons. The molecule has 11 heteroatoms. The summed E-state index contributed by atoms with van der Waals surface area (Å²) in [6.45, 7) is 1.89. The Morgan fingerprint density at radius 1 is 1.10 bits per heavy atom. The third kappa shape index (κ3) is 6.38. The lowest BCUT2D eigenvalue weighted by molar-refractivity contribution is -0.384. The molecular formula is C18H16Cl2N4O4S. The first-order valence-corrected chi connectivity index (χ1v) is 9.53. The summed E-state index contributed by atoms with van der Waals surface area (Å²) in [7, 11) is 0. The highest BCUT2D eigenvalue weighted by Gasteiger charge is 2.17. The van der Waals surface area contributed by atoms with E-state index in [2.05, 4.69) is 16.0 Å². The van der Waals surface area contributed by atoms with E-state index in [0.717, 1.165) is 6.07 Å². The van der Waals surface area contributed by atoms with Crippen LogP contribution in [0.25, 0.3) is 0 Å². The van der Waals surface area contributed by atoms with Crippen molar-refractivity contribution in [1.82, 2.24) is 5.32 Å². The smallest absolute Gasteiger partial charge is 0.270 e. The molecule has 0 fully saturated rings. The van der Waals surface area contributed by atoms with Crippen LogP contribution < -0.4 is 16.0 Å². The van der Waals surface area contributed by atoms with Crippen molar-refractivity contribution in [2.75, 3.05) is 10.6 Å². The molecule has 2 rings (SSSR count). The number of nitro benzene ring substituents is 1. The summed E-state index contributed by atoms with van der Waals surface area (Å²) in [5.41, 5.74) is 0.483. The second-order valence-corrected chi connectivity index (χ2v) is 7.04. The molecule has 0 saturated heterocycles. The van der Waals surface area contributed by atoms with Crippen LogP contribution in [-0.4, -0.2) is 21.9 Å². The van der Waals surface area contributed by atoms with Gasteiger partial charge in [-0.3, -0.25) is 25.0 Å². The molecule has 0 bridgehead atoms. The number of nitrogens with one attached hydrogen (secondary N) is 3. The fourth-order valence-electron chi connectivity index (χ4n) is 2.27. The second kappa shape index (κ2) is 10.1. The largest absolute Gasteiger partial charge is 0.331 e. The number of nitro groups is 1. The van der Waals surface area contributed by atoms with Crippen molar-refractivity contribution in [3.8, 4) is 0 Å². The Morgan fingerprint density at radius 2 is 1.79 bits per heavy atom. The summed E-state index contributed by atoms with van der Waals surface area (Å²) in [4.78, 5) is 34.4. The van der Waals surface area contributed by atoms with Crippen LogP contribution in [-0.2, 0) is 4.79 Å². The van der Waals surface area contributed by atoms with Crippen molar-refractivity contribution in [2.45, 2.75) is 19.8 Å². The average molecular weight is 455 g/mol. The topological polar surface area (TPSA) is 113 Å². The van der Waals surface area contributed by atoms with Crippen LogP contribution in [0, 0.1) is 10.1 Å². The number of amides is 2. The van der Waals surface area contributed by atoms with Crippen molar-refractivity contribution < 1.29 is 14.5 Å². The molecule has 0 spiro atoms. The fourth-order valence-corrected chi connectivity index (χ4v) is 2.85. The Bertz CT molecular complexity index is 984. The molecule has 0 atom stereocenters. The zero-order valence-electron chi connectivity index (χ0n) is 15.1. The third-order valence-corrected chi connectivity index (χ3v) is 4.47. The number of rotatable bonds is 6. The Hall–Kier alpha value is -2.75. The number of halogens is 2. The number of carbonyl (C=O) groups excluding carboxylic acids is 2. The molecule has 0 aliphatic rings. The van der Waals surface area contributed by atoms with Crippen LogP contribution in [0.1, 0.15) is 30.1 Å². The summed E-state index contributed by atoms with van der Waals surface area (Å²) in [6.07, 6.45) is 1.09. The quantitative estimate of drug-likeness (QED) is 0.329. The van der Waals surface area contributed by atoms with Gasteiger partial charge in [0, 0.05) is 24.2 Å². The Morgan fingerprint density at radius 3 is 2.45 bits per heavy atom. The monoisotopic (exact) mass is 454 g/mol. The molecule has 152 valence electrons. The van der Waals surface area contributed by atoms with Crippen molar-refractivity contribution >= 4 is 69.4 Å². The van der Waals surface area contributed by atoms with E-state index in [0.29, 0.717) is 29.2 Å². The number of carbonyl (C=O) groups is 2. The number of benzene rings is 2. The maximum Gasteiger partial charge on any atom is 0.270 e. The van der Waals surface area contributed by atoms with Crippen molar-refractivity contribution in [1.29, 1.82) is 0 Å². The van der Waals surface area contributed by atoms with Crippen LogP contribution in [0.2, 0.25) is 10.0 Å². The maximum atomic E-state index is 12.4. The van der Waals surface area contributed by atoms with Gasteiger partial charge in [0.05, 0.1) is 26.2 Å². The molecule has 29 heavy (non-hydrogen) atoms. The van der Waals surface area contributed by atoms with E-state index in [1.807, 2.05) is 6.92 Å². The summed E-state index contributed by atoms with van der Waals surface area (Å²) in [6, 6.07) is 8.25. The Labute approximate surface area is 181 Å². The average Bonchev–Trinajstić information content (AvgIpc) is 2.64. The molecule has 8 nitrogen and oxygen atoms in total. The lowest BCUT2D eigenvalue weighted by atomic mass is 10.2. The van der Waals surface area contributed by atoms with E-state index in [1.54, 1.807) is 18.2 Å². The second-order valence-electron chi connectivity index (χ2n) is 5.82. The van der Waals surface area contributed by atoms with Gasteiger partial charge in [0.25, 0.3) is 11.6 Å². The molecule has 2 aromatic rings. The predicted octanol–water partition coefficient (Wildman–Crippen LogP) is 4.77. The zero-order chi connectivity index (χ0) is 21.6. The predicted molar refractivity (Wildman–Crippen MR) is 117 cm³/mol. The van der Waals surface area contributed by atoms with Crippen LogP contribution >= 0.6 is 35.4 Å².